The largest absolute Gasteiger partial charge is 0.394 e. The van der Waals surface area contributed by atoms with Crippen LogP contribution in [0.2, 0.25) is 0 Å². The normalized spacial score (nSPS) is 16.2. The van der Waals surface area contributed by atoms with Crippen molar-refractivity contribution in [3.63, 3.8) is 0 Å². The maximum Gasteiger partial charge on any atom is 0.319 e. The van der Waals surface area contributed by atoms with E-state index in [0.29, 0.717) is 0 Å². The minimum atomic E-state index is -3.76. The number of hydrogen-bond donors (Lipinski definition) is 3. The summed E-state index contributed by atoms with van der Waals surface area (Å²) < 4.78 is 27.9. The van der Waals surface area contributed by atoms with Crippen molar-refractivity contribution in [2.45, 2.75) is 49.1 Å². The van der Waals surface area contributed by atoms with Crippen molar-refractivity contribution in [1.29, 1.82) is 0 Å². The van der Waals surface area contributed by atoms with Crippen molar-refractivity contribution in [2.75, 3.05) is 19.0 Å². The van der Waals surface area contributed by atoms with Crippen molar-refractivity contribution in [3.8, 4) is 0 Å². The fraction of sp³-hybridized carbons (Fsp3) is 0.409. The zero-order valence-corrected chi connectivity index (χ0v) is 17.9. The molecule has 1 atom stereocenters. The number of carbonyl (C=O) groups is 1. The lowest BCUT2D eigenvalue weighted by atomic mass is 9.96. The molecule has 0 unspecified atom stereocenters. The number of amides is 2. The topological polar surface area (TPSA) is 98.7 Å². The van der Waals surface area contributed by atoms with Crippen LogP contribution in [-0.2, 0) is 10.0 Å². The Morgan fingerprint density at radius 3 is 2.37 bits per heavy atom. The lowest BCUT2D eigenvalue weighted by Gasteiger charge is -2.31. The minimum absolute atomic E-state index is 0.0255. The predicted molar refractivity (Wildman–Crippen MR) is 117 cm³/mol. The van der Waals surface area contributed by atoms with Crippen LogP contribution >= 0.6 is 0 Å². The van der Waals surface area contributed by atoms with E-state index < -0.39 is 22.1 Å². The number of benzene rings is 2. The van der Waals surface area contributed by atoms with Gasteiger partial charge in [-0.05, 0) is 30.5 Å². The summed E-state index contributed by atoms with van der Waals surface area (Å²) in [7, 11) is -2.15. The van der Waals surface area contributed by atoms with Gasteiger partial charge >= 0.3 is 6.03 Å². The molecule has 2 aromatic carbocycles. The molecule has 3 rings (SSSR count). The average Bonchev–Trinajstić information content (AvgIpc) is 2.78. The van der Waals surface area contributed by atoms with E-state index in [-0.39, 0.29) is 23.2 Å². The maximum atomic E-state index is 13.2. The van der Waals surface area contributed by atoms with Crippen molar-refractivity contribution in [1.82, 2.24) is 9.62 Å². The molecule has 0 radical (unpaired) electrons. The molecule has 8 heteroatoms. The summed E-state index contributed by atoms with van der Waals surface area (Å²) >= 11 is 0. The van der Waals surface area contributed by atoms with Gasteiger partial charge in [0, 0.05) is 13.1 Å². The predicted octanol–water partition coefficient (Wildman–Crippen LogP) is 3.49. The highest BCUT2D eigenvalue weighted by molar-refractivity contribution is 7.89. The number of urea groups is 1. The zero-order chi connectivity index (χ0) is 21.6. The summed E-state index contributed by atoms with van der Waals surface area (Å²) in [6.07, 6.45) is 4.88. The molecule has 0 saturated heterocycles. The first-order valence-corrected chi connectivity index (χ1v) is 11.7. The summed E-state index contributed by atoms with van der Waals surface area (Å²) in [6.45, 7) is -0.276. The third kappa shape index (κ3) is 5.19. The zero-order valence-electron chi connectivity index (χ0n) is 17.1. The summed E-state index contributed by atoms with van der Waals surface area (Å²) in [5, 5.41) is 15.0. The summed E-state index contributed by atoms with van der Waals surface area (Å²) in [5.41, 5.74) is 0.968. The molecule has 1 aliphatic rings. The number of anilines is 1. The first kappa shape index (κ1) is 22.3. The van der Waals surface area contributed by atoms with Gasteiger partial charge in [-0.15, -0.1) is 0 Å². The van der Waals surface area contributed by atoms with Crippen LogP contribution in [0.1, 0.15) is 43.7 Å². The van der Waals surface area contributed by atoms with Gasteiger partial charge in [-0.2, -0.15) is 4.31 Å². The molecule has 30 heavy (non-hydrogen) atoms. The Morgan fingerprint density at radius 2 is 1.70 bits per heavy atom. The molecule has 0 bridgehead atoms. The van der Waals surface area contributed by atoms with Gasteiger partial charge in [0.05, 0.1) is 18.3 Å². The van der Waals surface area contributed by atoms with Crippen LogP contribution in [0.4, 0.5) is 10.5 Å². The Labute approximate surface area is 178 Å². The van der Waals surface area contributed by atoms with E-state index in [1.165, 1.54) is 10.4 Å². The van der Waals surface area contributed by atoms with Crippen molar-refractivity contribution >= 4 is 21.7 Å². The number of sulfonamides is 1. The number of para-hydroxylation sites is 1. The van der Waals surface area contributed by atoms with Gasteiger partial charge in [0.25, 0.3) is 0 Å². The van der Waals surface area contributed by atoms with E-state index in [4.69, 9.17) is 0 Å². The standard InChI is InChI=1S/C22H29N3O4S/c1-25(18-12-6-3-7-13-18)30(28,29)21-15-9-8-14-19(21)23-22(27)24-20(16-26)17-10-4-2-5-11-17/h2,4-5,8-11,14-15,18,20,26H,3,6-7,12-13,16H2,1H3,(H2,23,24,27)/t20-/m1/s1. The van der Waals surface area contributed by atoms with E-state index >= 15 is 0 Å². The van der Waals surface area contributed by atoms with Crippen LogP contribution in [-0.4, -0.2) is 43.6 Å². The second-order valence-corrected chi connectivity index (χ2v) is 9.52. The molecule has 0 spiro atoms. The highest BCUT2D eigenvalue weighted by Crippen LogP contribution is 2.29. The van der Waals surface area contributed by atoms with E-state index in [2.05, 4.69) is 10.6 Å². The molecular formula is C22H29N3O4S. The highest BCUT2D eigenvalue weighted by Gasteiger charge is 2.31. The lowest BCUT2D eigenvalue weighted by Crippen LogP contribution is -2.39. The summed E-state index contributed by atoms with van der Waals surface area (Å²) in [6, 6.07) is 14.3. The van der Waals surface area contributed by atoms with Crippen LogP contribution < -0.4 is 10.6 Å². The minimum Gasteiger partial charge on any atom is -0.394 e. The molecule has 1 saturated carbocycles. The van der Waals surface area contributed by atoms with Crippen LogP contribution in [0, 0.1) is 0 Å². The molecule has 2 aromatic rings. The van der Waals surface area contributed by atoms with E-state index in [0.717, 1.165) is 37.7 Å². The molecule has 0 aromatic heterocycles. The third-order valence-electron chi connectivity index (χ3n) is 5.57. The average molecular weight is 432 g/mol. The van der Waals surface area contributed by atoms with Gasteiger partial charge in [0.15, 0.2) is 0 Å². The summed E-state index contributed by atoms with van der Waals surface area (Å²) in [4.78, 5) is 12.6. The molecule has 7 nitrogen and oxygen atoms in total. The number of rotatable bonds is 7. The smallest absolute Gasteiger partial charge is 0.319 e. The van der Waals surface area contributed by atoms with Crippen LogP contribution in [0.15, 0.2) is 59.5 Å². The molecule has 0 aliphatic heterocycles. The second kappa shape index (κ2) is 10.1. The molecule has 2 amide bonds. The Kier molecular flexibility index (Phi) is 7.47. The third-order valence-corrected chi connectivity index (χ3v) is 7.54. The SMILES string of the molecule is CN(C1CCCCC1)S(=O)(=O)c1ccccc1NC(=O)N[C@H](CO)c1ccccc1. The Hall–Kier alpha value is -2.42. The van der Waals surface area contributed by atoms with Crippen LogP contribution in [0.5, 0.6) is 0 Å². The van der Waals surface area contributed by atoms with Gasteiger partial charge in [-0.1, -0.05) is 61.7 Å². The molecule has 3 N–H and O–H groups in total. The molecular weight excluding hydrogens is 402 g/mol. The number of carbonyl (C=O) groups excluding carboxylic acids is 1. The summed E-state index contributed by atoms with van der Waals surface area (Å²) in [5.74, 6) is 0. The van der Waals surface area contributed by atoms with E-state index in [1.807, 2.05) is 18.2 Å². The van der Waals surface area contributed by atoms with E-state index in [9.17, 15) is 18.3 Å². The fourth-order valence-electron chi connectivity index (χ4n) is 3.83. The van der Waals surface area contributed by atoms with Gasteiger partial charge in [-0.3, -0.25) is 0 Å². The Bertz CT molecular complexity index is 944. The van der Waals surface area contributed by atoms with Gasteiger partial charge in [0.2, 0.25) is 10.0 Å². The van der Waals surface area contributed by atoms with Crippen LogP contribution in [0.25, 0.3) is 0 Å². The molecule has 1 aliphatic carbocycles. The monoisotopic (exact) mass is 431 g/mol. The highest BCUT2D eigenvalue weighted by atomic mass is 32.2. The second-order valence-electron chi connectivity index (χ2n) is 7.55. The first-order chi connectivity index (χ1) is 14.4. The van der Waals surface area contributed by atoms with Gasteiger partial charge < -0.3 is 15.7 Å². The number of hydrogen-bond acceptors (Lipinski definition) is 4. The van der Waals surface area contributed by atoms with Crippen LogP contribution in [0.3, 0.4) is 0 Å². The molecule has 0 heterocycles. The van der Waals surface area contributed by atoms with Gasteiger partial charge in [0.1, 0.15) is 4.90 Å². The number of aliphatic hydroxyl groups is 1. The van der Waals surface area contributed by atoms with Gasteiger partial charge in [-0.25, -0.2) is 13.2 Å². The Balaban J connectivity index is 1.76. The molecule has 1 fully saturated rings. The number of nitrogens with one attached hydrogen (secondary N) is 2. The van der Waals surface area contributed by atoms with Crippen molar-refractivity contribution in [3.05, 3.63) is 60.2 Å². The van der Waals surface area contributed by atoms with Crippen molar-refractivity contribution in [2.24, 2.45) is 0 Å². The lowest BCUT2D eigenvalue weighted by molar-refractivity contribution is 0.225. The molecule has 162 valence electrons. The van der Waals surface area contributed by atoms with Crippen molar-refractivity contribution < 1.29 is 18.3 Å². The fourth-order valence-corrected chi connectivity index (χ4v) is 5.39. The Morgan fingerprint density at radius 1 is 1.07 bits per heavy atom. The van der Waals surface area contributed by atoms with E-state index in [1.54, 1.807) is 37.4 Å². The number of nitrogens with zero attached hydrogens (tertiary/aromatic N) is 1. The first-order valence-electron chi connectivity index (χ1n) is 10.2. The number of aliphatic hydroxyl groups excluding tert-OH is 1. The maximum absolute atomic E-state index is 13.2. The quantitative estimate of drug-likeness (QED) is 0.625.